The van der Waals surface area contributed by atoms with Crippen LogP contribution in [0, 0.1) is 11.7 Å². The largest absolute Gasteiger partial charge is 0.493 e. The zero-order chi connectivity index (χ0) is 13.8. The van der Waals surface area contributed by atoms with Crippen LogP contribution in [0.25, 0.3) is 0 Å². The fraction of sp³-hybridized carbons (Fsp3) is 0.385. The zero-order valence-electron chi connectivity index (χ0n) is 10.9. The number of aromatic amines is 1. The molecule has 0 aliphatic carbocycles. The standard InChI is InChI=1S/C13H16ClN3OS/c1-9-8-10(14)5-6-11(9)18-7-3-4-12-15-16-13(19)17(12)2/h5-6,8H,3-4,7H2,1-2H3,(H,16,19). The van der Waals surface area contributed by atoms with Crippen molar-refractivity contribution in [3.8, 4) is 5.75 Å². The Morgan fingerprint density at radius 2 is 2.26 bits per heavy atom. The molecule has 19 heavy (non-hydrogen) atoms. The van der Waals surface area contributed by atoms with E-state index >= 15 is 0 Å². The van der Waals surface area contributed by atoms with E-state index in [4.69, 9.17) is 28.6 Å². The number of hydrogen-bond donors (Lipinski definition) is 1. The third-order valence-corrected chi connectivity index (χ3v) is 3.51. The zero-order valence-corrected chi connectivity index (χ0v) is 12.5. The molecule has 2 aromatic rings. The second kappa shape index (κ2) is 6.21. The maximum atomic E-state index is 5.90. The van der Waals surface area contributed by atoms with Crippen LogP contribution in [0.1, 0.15) is 17.8 Å². The molecule has 0 aliphatic rings. The maximum Gasteiger partial charge on any atom is 0.194 e. The van der Waals surface area contributed by atoms with Crippen LogP contribution >= 0.6 is 23.8 Å². The van der Waals surface area contributed by atoms with Crippen molar-refractivity contribution in [3.05, 3.63) is 39.4 Å². The predicted molar refractivity (Wildman–Crippen MR) is 78.4 cm³/mol. The van der Waals surface area contributed by atoms with E-state index in [9.17, 15) is 0 Å². The first-order chi connectivity index (χ1) is 9.08. The van der Waals surface area contributed by atoms with Crippen molar-refractivity contribution in [1.29, 1.82) is 0 Å². The van der Waals surface area contributed by atoms with Crippen LogP contribution in [0.2, 0.25) is 5.02 Å². The fourth-order valence-electron chi connectivity index (χ4n) is 1.79. The van der Waals surface area contributed by atoms with Gasteiger partial charge >= 0.3 is 0 Å². The Morgan fingerprint density at radius 3 is 2.89 bits per heavy atom. The molecule has 1 N–H and O–H groups in total. The molecule has 102 valence electrons. The normalized spacial score (nSPS) is 10.7. The highest BCUT2D eigenvalue weighted by Gasteiger charge is 2.03. The van der Waals surface area contributed by atoms with Gasteiger partial charge in [0.25, 0.3) is 0 Å². The lowest BCUT2D eigenvalue weighted by atomic mass is 10.2. The first kappa shape index (κ1) is 14.1. The smallest absolute Gasteiger partial charge is 0.194 e. The van der Waals surface area contributed by atoms with Crippen molar-refractivity contribution >= 4 is 23.8 Å². The molecule has 0 fully saturated rings. The molecule has 0 unspecified atom stereocenters. The van der Waals surface area contributed by atoms with Gasteiger partial charge in [0.15, 0.2) is 4.77 Å². The molecule has 0 aliphatic heterocycles. The Morgan fingerprint density at radius 1 is 1.47 bits per heavy atom. The molecular formula is C13H16ClN3OS. The lowest BCUT2D eigenvalue weighted by molar-refractivity contribution is 0.307. The molecule has 0 radical (unpaired) electrons. The van der Waals surface area contributed by atoms with E-state index in [1.165, 1.54) is 0 Å². The van der Waals surface area contributed by atoms with Crippen LogP contribution in [0.5, 0.6) is 5.75 Å². The van der Waals surface area contributed by atoms with Crippen LogP contribution < -0.4 is 4.74 Å². The summed E-state index contributed by atoms with van der Waals surface area (Å²) < 4.78 is 8.25. The molecule has 0 spiro atoms. The van der Waals surface area contributed by atoms with Gasteiger partial charge < -0.3 is 9.30 Å². The van der Waals surface area contributed by atoms with Gasteiger partial charge in [-0.25, -0.2) is 0 Å². The summed E-state index contributed by atoms with van der Waals surface area (Å²) in [7, 11) is 1.91. The second-order valence-electron chi connectivity index (χ2n) is 4.37. The summed E-state index contributed by atoms with van der Waals surface area (Å²) in [4.78, 5) is 0. The molecule has 2 rings (SSSR count). The summed E-state index contributed by atoms with van der Waals surface area (Å²) in [6, 6.07) is 5.63. The lowest BCUT2D eigenvalue weighted by Gasteiger charge is -2.09. The van der Waals surface area contributed by atoms with E-state index < -0.39 is 0 Å². The van der Waals surface area contributed by atoms with Crippen LogP contribution in [-0.4, -0.2) is 21.4 Å². The third kappa shape index (κ3) is 3.58. The lowest BCUT2D eigenvalue weighted by Crippen LogP contribution is -2.04. The van der Waals surface area contributed by atoms with Crippen molar-refractivity contribution in [2.24, 2.45) is 7.05 Å². The summed E-state index contributed by atoms with van der Waals surface area (Å²) in [6.45, 7) is 2.63. The number of ether oxygens (including phenoxy) is 1. The minimum absolute atomic E-state index is 0.641. The van der Waals surface area contributed by atoms with Crippen molar-refractivity contribution < 1.29 is 4.74 Å². The van der Waals surface area contributed by atoms with Crippen LogP contribution in [0.3, 0.4) is 0 Å². The maximum absolute atomic E-state index is 5.90. The summed E-state index contributed by atoms with van der Waals surface area (Å²) in [5.74, 6) is 1.82. The molecule has 0 atom stereocenters. The first-order valence-corrected chi connectivity index (χ1v) is 6.86. The predicted octanol–water partition coefficient (Wildman–Crippen LogP) is 3.45. The average molecular weight is 298 g/mol. The molecule has 0 amide bonds. The van der Waals surface area contributed by atoms with E-state index in [1.807, 2.05) is 36.7 Å². The number of hydrogen-bond acceptors (Lipinski definition) is 3. The Hall–Kier alpha value is -1.33. The van der Waals surface area contributed by atoms with E-state index in [-0.39, 0.29) is 0 Å². The minimum atomic E-state index is 0.641. The Kier molecular flexibility index (Phi) is 4.61. The second-order valence-corrected chi connectivity index (χ2v) is 5.19. The fourth-order valence-corrected chi connectivity index (χ4v) is 2.17. The van der Waals surface area contributed by atoms with Crippen molar-refractivity contribution in [2.45, 2.75) is 19.8 Å². The number of H-pyrrole nitrogens is 1. The van der Waals surface area contributed by atoms with Crippen LogP contribution in [0.15, 0.2) is 18.2 Å². The first-order valence-electron chi connectivity index (χ1n) is 6.07. The molecule has 6 heteroatoms. The van der Waals surface area contributed by atoms with E-state index in [2.05, 4.69) is 10.2 Å². The summed E-state index contributed by atoms with van der Waals surface area (Å²) in [5, 5.41) is 7.66. The quantitative estimate of drug-likeness (QED) is 0.679. The van der Waals surface area contributed by atoms with E-state index in [0.717, 1.165) is 35.0 Å². The van der Waals surface area contributed by atoms with Gasteiger partial charge in [-0.15, -0.1) is 0 Å². The molecule has 1 aromatic carbocycles. The molecule has 0 bridgehead atoms. The van der Waals surface area contributed by atoms with Gasteiger partial charge in [-0.1, -0.05) is 11.6 Å². The number of aryl methyl sites for hydroxylation is 2. The molecule has 4 nitrogen and oxygen atoms in total. The van der Waals surface area contributed by atoms with E-state index in [1.54, 1.807) is 0 Å². The van der Waals surface area contributed by atoms with Gasteiger partial charge in [0.05, 0.1) is 6.61 Å². The number of nitrogens with zero attached hydrogens (tertiary/aromatic N) is 2. The highest BCUT2D eigenvalue weighted by atomic mass is 35.5. The van der Waals surface area contributed by atoms with Gasteiger partial charge in [-0.2, -0.15) is 5.10 Å². The topological polar surface area (TPSA) is 42.8 Å². The third-order valence-electron chi connectivity index (χ3n) is 2.91. The van der Waals surface area contributed by atoms with Crippen molar-refractivity contribution in [3.63, 3.8) is 0 Å². The number of halogens is 1. The SMILES string of the molecule is Cc1cc(Cl)ccc1OCCCc1n[nH]c(=S)n1C. The molecule has 1 heterocycles. The monoisotopic (exact) mass is 297 g/mol. The van der Waals surface area contributed by atoms with Crippen molar-refractivity contribution in [2.75, 3.05) is 6.61 Å². The molecule has 1 aromatic heterocycles. The Bertz CT molecular complexity index is 621. The molecule has 0 saturated carbocycles. The van der Waals surface area contributed by atoms with Gasteiger partial charge in [0, 0.05) is 18.5 Å². The van der Waals surface area contributed by atoms with Gasteiger partial charge in [-0.05, 0) is 49.3 Å². The minimum Gasteiger partial charge on any atom is -0.493 e. The molecule has 0 saturated heterocycles. The number of nitrogens with one attached hydrogen (secondary N) is 1. The van der Waals surface area contributed by atoms with Gasteiger partial charge in [0.1, 0.15) is 11.6 Å². The van der Waals surface area contributed by atoms with Crippen LogP contribution in [-0.2, 0) is 13.5 Å². The summed E-state index contributed by atoms with van der Waals surface area (Å²) in [6.07, 6.45) is 1.71. The Balaban J connectivity index is 1.84. The number of benzene rings is 1. The summed E-state index contributed by atoms with van der Waals surface area (Å²) >= 11 is 11.0. The number of rotatable bonds is 5. The average Bonchev–Trinajstić information content (AvgIpc) is 2.68. The van der Waals surface area contributed by atoms with Crippen molar-refractivity contribution in [1.82, 2.24) is 14.8 Å². The Labute approximate surface area is 122 Å². The number of aromatic nitrogens is 3. The van der Waals surface area contributed by atoms with Gasteiger partial charge in [0.2, 0.25) is 0 Å². The molecular weight excluding hydrogens is 282 g/mol. The van der Waals surface area contributed by atoms with E-state index in [0.29, 0.717) is 11.4 Å². The highest BCUT2D eigenvalue weighted by molar-refractivity contribution is 7.71. The highest BCUT2D eigenvalue weighted by Crippen LogP contribution is 2.21. The van der Waals surface area contributed by atoms with Crippen LogP contribution in [0.4, 0.5) is 0 Å². The van der Waals surface area contributed by atoms with Gasteiger partial charge in [-0.3, -0.25) is 5.10 Å². The summed E-state index contributed by atoms with van der Waals surface area (Å²) in [5.41, 5.74) is 1.05.